The smallest absolute Gasteiger partial charge is 0.0208 e. The molecule has 17 heavy (non-hydrogen) atoms. The molecule has 1 unspecified atom stereocenters. The van der Waals surface area contributed by atoms with Gasteiger partial charge >= 0.3 is 0 Å². The van der Waals surface area contributed by atoms with Crippen LogP contribution in [0.3, 0.4) is 0 Å². The molecule has 94 valence electrons. The maximum absolute atomic E-state index is 3.68. The van der Waals surface area contributed by atoms with E-state index in [1.54, 1.807) is 0 Å². The first-order chi connectivity index (χ1) is 7.96. The molecule has 0 saturated heterocycles. The third kappa shape index (κ3) is 3.56. The van der Waals surface area contributed by atoms with Crippen LogP contribution in [0.2, 0.25) is 0 Å². The first-order valence-electron chi connectivity index (χ1n) is 6.45. The molecule has 1 aliphatic rings. The fourth-order valence-electron chi connectivity index (χ4n) is 2.69. The molecule has 2 heteroatoms. The Hall–Kier alpha value is -0.340. The van der Waals surface area contributed by atoms with E-state index in [9.17, 15) is 0 Å². The lowest BCUT2D eigenvalue weighted by atomic mass is 9.92. The molecule has 1 fully saturated rings. The van der Waals surface area contributed by atoms with Crippen LogP contribution in [0.1, 0.15) is 44.2 Å². The predicted octanol–water partition coefficient (Wildman–Crippen LogP) is 4.43. The molecule has 0 heterocycles. The van der Waals surface area contributed by atoms with Gasteiger partial charge in [-0.2, -0.15) is 0 Å². The average molecular weight is 296 g/mol. The quantitative estimate of drug-likeness (QED) is 0.870. The number of aryl methyl sites for hydroxylation is 1. The van der Waals surface area contributed by atoms with Gasteiger partial charge in [0, 0.05) is 17.1 Å². The lowest BCUT2D eigenvalue weighted by Gasteiger charge is -2.18. The molecular formula is C15H22BrN. The molecule has 1 aromatic rings. The van der Waals surface area contributed by atoms with Crippen molar-refractivity contribution in [1.82, 2.24) is 5.32 Å². The first kappa shape index (κ1) is 13.1. The summed E-state index contributed by atoms with van der Waals surface area (Å²) in [6, 6.07) is 7.31. The zero-order valence-electron chi connectivity index (χ0n) is 11.0. The van der Waals surface area contributed by atoms with Crippen LogP contribution in [0.5, 0.6) is 0 Å². The van der Waals surface area contributed by atoms with Gasteiger partial charge in [0.25, 0.3) is 0 Å². The van der Waals surface area contributed by atoms with Gasteiger partial charge in [0.05, 0.1) is 0 Å². The van der Waals surface area contributed by atoms with Crippen LogP contribution in [0.4, 0.5) is 0 Å². The summed E-state index contributed by atoms with van der Waals surface area (Å²) in [4.78, 5) is 0. The maximum Gasteiger partial charge on any atom is 0.0208 e. The van der Waals surface area contributed by atoms with Crippen molar-refractivity contribution in [3.8, 4) is 0 Å². The molecule has 0 aromatic heterocycles. The van der Waals surface area contributed by atoms with Gasteiger partial charge in [0.15, 0.2) is 0 Å². The lowest BCUT2D eigenvalue weighted by molar-refractivity contribution is 0.364. The van der Waals surface area contributed by atoms with Crippen molar-refractivity contribution in [3.63, 3.8) is 0 Å². The molecule has 1 atom stereocenters. The van der Waals surface area contributed by atoms with Gasteiger partial charge in [-0.1, -0.05) is 41.9 Å². The zero-order chi connectivity index (χ0) is 12.5. The Labute approximate surface area is 113 Å². The molecule has 1 aromatic carbocycles. The van der Waals surface area contributed by atoms with Crippen molar-refractivity contribution < 1.29 is 0 Å². The van der Waals surface area contributed by atoms with Gasteiger partial charge in [0.1, 0.15) is 0 Å². The molecule has 1 nitrogen and oxygen atoms in total. The third-order valence-electron chi connectivity index (χ3n) is 3.79. The predicted molar refractivity (Wildman–Crippen MR) is 77.1 cm³/mol. The summed E-state index contributed by atoms with van der Waals surface area (Å²) in [5, 5.41) is 3.68. The minimum atomic E-state index is 0.535. The van der Waals surface area contributed by atoms with Crippen LogP contribution < -0.4 is 5.32 Å². The number of hydrogen-bond acceptors (Lipinski definition) is 1. The highest BCUT2D eigenvalue weighted by Gasteiger charge is 2.30. The second-order valence-electron chi connectivity index (χ2n) is 6.07. The Morgan fingerprint density at radius 2 is 2.18 bits per heavy atom. The second-order valence-corrected chi connectivity index (χ2v) is 6.92. The van der Waals surface area contributed by atoms with E-state index >= 15 is 0 Å². The van der Waals surface area contributed by atoms with E-state index in [0.717, 1.165) is 6.54 Å². The van der Waals surface area contributed by atoms with Gasteiger partial charge < -0.3 is 5.32 Å². The zero-order valence-corrected chi connectivity index (χ0v) is 12.6. The van der Waals surface area contributed by atoms with Crippen LogP contribution in [-0.4, -0.2) is 6.04 Å². The topological polar surface area (TPSA) is 12.0 Å². The minimum absolute atomic E-state index is 0.535. The highest BCUT2D eigenvalue weighted by Crippen LogP contribution is 2.36. The summed E-state index contributed by atoms with van der Waals surface area (Å²) in [5.74, 6) is 0. The molecule has 0 aliphatic heterocycles. The number of benzene rings is 1. The Kier molecular flexibility index (Phi) is 3.94. The molecule has 1 saturated carbocycles. The first-order valence-corrected chi connectivity index (χ1v) is 7.24. The number of halogens is 1. The summed E-state index contributed by atoms with van der Waals surface area (Å²) in [7, 11) is 0. The summed E-state index contributed by atoms with van der Waals surface area (Å²) in [5.41, 5.74) is 3.24. The second kappa shape index (κ2) is 5.11. The molecular weight excluding hydrogens is 274 g/mol. The highest BCUT2D eigenvalue weighted by molar-refractivity contribution is 9.10. The number of nitrogens with one attached hydrogen (secondary N) is 1. The summed E-state index contributed by atoms with van der Waals surface area (Å²) < 4.78 is 1.20. The van der Waals surface area contributed by atoms with Crippen molar-refractivity contribution in [1.29, 1.82) is 0 Å². The Bertz CT molecular complexity index is 398. The van der Waals surface area contributed by atoms with Crippen molar-refractivity contribution in [2.75, 3.05) is 0 Å². The van der Waals surface area contributed by atoms with Crippen molar-refractivity contribution in [2.24, 2.45) is 5.41 Å². The Morgan fingerprint density at radius 1 is 1.41 bits per heavy atom. The molecule has 0 bridgehead atoms. The molecule has 0 radical (unpaired) electrons. The molecule has 0 amide bonds. The SMILES string of the molecule is Cc1cc(CNC2CCC(C)(C)C2)ccc1Br. The van der Waals surface area contributed by atoms with E-state index in [-0.39, 0.29) is 0 Å². The largest absolute Gasteiger partial charge is 0.310 e. The average Bonchev–Trinajstić information content (AvgIpc) is 2.60. The third-order valence-corrected chi connectivity index (χ3v) is 4.68. The van der Waals surface area contributed by atoms with Crippen LogP contribution in [0.15, 0.2) is 22.7 Å². The number of rotatable bonds is 3. The molecule has 1 aliphatic carbocycles. The van der Waals surface area contributed by atoms with Crippen LogP contribution >= 0.6 is 15.9 Å². The molecule has 0 spiro atoms. The summed E-state index contributed by atoms with van der Waals surface area (Å²) >= 11 is 3.54. The van der Waals surface area contributed by atoms with E-state index in [1.165, 1.54) is 34.9 Å². The maximum atomic E-state index is 3.68. The van der Waals surface area contributed by atoms with Crippen molar-refractivity contribution in [3.05, 3.63) is 33.8 Å². The number of hydrogen-bond donors (Lipinski definition) is 1. The Morgan fingerprint density at radius 3 is 2.76 bits per heavy atom. The summed E-state index contributed by atoms with van der Waals surface area (Å²) in [6.45, 7) is 7.89. The summed E-state index contributed by atoms with van der Waals surface area (Å²) in [6.07, 6.45) is 3.98. The van der Waals surface area contributed by atoms with Gasteiger partial charge in [-0.3, -0.25) is 0 Å². The standard InChI is InChI=1S/C15H22BrN/c1-11-8-12(4-5-14(11)16)10-17-13-6-7-15(2,3)9-13/h4-5,8,13,17H,6-7,9-10H2,1-3H3. The normalized spacial score (nSPS) is 22.9. The fourth-order valence-corrected chi connectivity index (χ4v) is 2.94. The van der Waals surface area contributed by atoms with E-state index < -0.39 is 0 Å². The minimum Gasteiger partial charge on any atom is -0.310 e. The van der Waals surface area contributed by atoms with E-state index in [4.69, 9.17) is 0 Å². The lowest BCUT2D eigenvalue weighted by Crippen LogP contribution is -2.26. The van der Waals surface area contributed by atoms with Crippen molar-refractivity contribution >= 4 is 15.9 Å². The molecule has 2 rings (SSSR count). The van der Waals surface area contributed by atoms with Gasteiger partial charge in [0.2, 0.25) is 0 Å². The van der Waals surface area contributed by atoms with Gasteiger partial charge in [-0.25, -0.2) is 0 Å². The molecule has 1 N–H and O–H groups in total. The monoisotopic (exact) mass is 295 g/mol. The van der Waals surface area contributed by atoms with Gasteiger partial charge in [-0.05, 0) is 48.8 Å². The van der Waals surface area contributed by atoms with E-state index in [1.807, 2.05) is 0 Å². The fraction of sp³-hybridized carbons (Fsp3) is 0.600. The van der Waals surface area contributed by atoms with Crippen molar-refractivity contribution in [2.45, 2.75) is 52.6 Å². The van der Waals surface area contributed by atoms with Crippen LogP contribution in [0.25, 0.3) is 0 Å². The van der Waals surface area contributed by atoms with Crippen LogP contribution in [0, 0.1) is 12.3 Å². The van der Waals surface area contributed by atoms with E-state index in [2.05, 4.69) is 60.2 Å². The van der Waals surface area contributed by atoms with Crippen LogP contribution in [-0.2, 0) is 6.54 Å². The Balaban J connectivity index is 1.88. The van der Waals surface area contributed by atoms with E-state index in [0.29, 0.717) is 11.5 Å². The van der Waals surface area contributed by atoms with Gasteiger partial charge in [-0.15, -0.1) is 0 Å². The highest BCUT2D eigenvalue weighted by atomic mass is 79.9.